The Morgan fingerprint density at radius 1 is 1.65 bits per heavy atom. The number of nitrogen functional groups attached to an aromatic ring is 1. The summed E-state index contributed by atoms with van der Waals surface area (Å²) in [4.78, 5) is 17.8. The van der Waals surface area contributed by atoms with Gasteiger partial charge in [0.1, 0.15) is 16.1 Å². The fourth-order valence-electron chi connectivity index (χ4n) is 1.31. The first-order valence-corrected chi connectivity index (χ1v) is 5.62. The van der Waals surface area contributed by atoms with Crippen molar-refractivity contribution in [3.63, 3.8) is 0 Å². The molecular formula is C9H11BrN6O. The third-order valence-electron chi connectivity index (χ3n) is 2.31. The zero-order chi connectivity index (χ0) is 12.4. The summed E-state index contributed by atoms with van der Waals surface area (Å²) < 4.78 is 1.94. The molecule has 0 saturated heterocycles. The van der Waals surface area contributed by atoms with Crippen molar-refractivity contribution in [2.75, 3.05) is 11.1 Å². The molecule has 2 rings (SSSR count). The quantitative estimate of drug-likeness (QED) is 0.764. The number of nitrogens with one attached hydrogen (secondary N) is 2. The molecule has 0 aliphatic rings. The van der Waals surface area contributed by atoms with E-state index in [-0.39, 0.29) is 5.56 Å². The van der Waals surface area contributed by atoms with Gasteiger partial charge in [-0.3, -0.25) is 9.48 Å². The van der Waals surface area contributed by atoms with Crippen molar-refractivity contribution in [2.24, 2.45) is 7.05 Å². The summed E-state index contributed by atoms with van der Waals surface area (Å²) in [5.74, 6) is 1.05. The summed E-state index contributed by atoms with van der Waals surface area (Å²) in [5, 5.41) is 7.03. The lowest BCUT2D eigenvalue weighted by Crippen LogP contribution is -2.12. The van der Waals surface area contributed by atoms with Crippen LogP contribution in [0.5, 0.6) is 0 Å². The number of aryl methyl sites for hydroxylation is 1. The fraction of sp³-hybridized carbons (Fsp3) is 0.222. The van der Waals surface area contributed by atoms with E-state index >= 15 is 0 Å². The van der Waals surface area contributed by atoms with Gasteiger partial charge in [0.25, 0.3) is 5.56 Å². The molecule has 0 aliphatic carbocycles. The molecular weight excluding hydrogens is 288 g/mol. The Hall–Kier alpha value is -1.83. The molecule has 90 valence electrons. The number of hydrogen-bond donors (Lipinski definition) is 3. The number of nitrogens with two attached hydrogens (primary N) is 1. The summed E-state index contributed by atoms with van der Waals surface area (Å²) >= 11 is 3.16. The molecule has 0 bridgehead atoms. The first-order valence-electron chi connectivity index (χ1n) is 4.83. The maximum atomic E-state index is 11.3. The van der Waals surface area contributed by atoms with Crippen LogP contribution in [0.25, 0.3) is 0 Å². The van der Waals surface area contributed by atoms with Gasteiger partial charge < -0.3 is 16.0 Å². The smallest absolute Gasteiger partial charge is 0.267 e. The van der Waals surface area contributed by atoms with Crippen LogP contribution in [0.1, 0.15) is 5.56 Å². The van der Waals surface area contributed by atoms with E-state index in [1.807, 2.05) is 0 Å². The van der Waals surface area contributed by atoms with Crippen LogP contribution in [0.2, 0.25) is 0 Å². The van der Waals surface area contributed by atoms with Crippen LogP contribution in [-0.2, 0) is 13.6 Å². The maximum Gasteiger partial charge on any atom is 0.267 e. The molecule has 7 nitrogen and oxygen atoms in total. The van der Waals surface area contributed by atoms with Gasteiger partial charge in [-0.15, -0.1) is 0 Å². The molecule has 0 fully saturated rings. The highest BCUT2D eigenvalue weighted by molar-refractivity contribution is 9.10. The highest BCUT2D eigenvalue weighted by atomic mass is 79.9. The largest absolute Gasteiger partial charge is 0.384 e. The predicted octanol–water partition coefficient (Wildman–Crippen LogP) is 0.460. The number of nitrogens with zero attached hydrogens (tertiary/aromatic N) is 3. The topological polar surface area (TPSA) is 102 Å². The summed E-state index contributed by atoms with van der Waals surface area (Å²) in [6, 6.07) is 0. The van der Waals surface area contributed by atoms with E-state index in [9.17, 15) is 4.79 Å². The Balaban J connectivity index is 2.15. The summed E-state index contributed by atoms with van der Waals surface area (Å²) in [7, 11) is 1.76. The second-order valence-electron chi connectivity index (χ2n) is 3.43. The summed E-state index contributed by atoms with van der Waals surface area (Å²) in [6.07, 6.45) is 3.01. The number of aromatic nitrogens is 4. The first-order chi connectivity index (χ1) is 8.09. The van der Waals surface area contributed by atoms with Crippen molar-refractivity contribution >= 4 is 27.6 Å². The van der Waals surface area contributed by atoms with E-state index in [2.05, 4.69) is 36.3 Å². The normalized spacial score (nSPS) is 10.5. The van der Waals surface area contributed by atoms with Gasteiger partial charge in [0, 0.05) is 19.2 Å². The molecule has 2 heterocycles. The van der Waals surface area contributed by atoms with Gasteiger partial charge in [-0.05, 0) is 15.9 Å². The minimum Gasteiger partial charge on any atom is -0.384 e. The molecule has 0 aliphatic heterocycles. The van der Waals surface area contributed by atoms with Crippen LogP contribution in [-0.4, -0.2) is 19.7 Å². The number of anilines is 2. The second kappa shape index (κ2) is 4.58. The van der Waals surface area contributed by atoms with Crippen LogP contribution in [0.3, 0.4) is 0 Å². The van der Waals surface area contributed by atoms with Gasteiger partial charge in [0.2, 0.25) is 0 Å². The third kappa shape index (κ3) is 2.31. The van der Waals surface area contributed by atoms with Crippen molar-refractivity contribution in [3.8, 4) is 0 Å². The third-order valence-corrected chi connectivity index (χ3v) is 3.04. The molecule has 17 heavy (non-hydrogen) atoms. The van der Waals surface area contributed by atoms with Crippen molar-refractivity contribution in [3.05, 3.63) is 32.9 Å². The average Bonchev–Trinajstić information content (AvgIpc) is 2.62. The second-order valence-corrected chi connectivity index (χ2v) is 4.22. The van der Waals surface area contributed by atoms with Crippen molar-refractivity contribution in [2.45, 2.75) is 6.54 Å². The lowest BCUT2D eigenvalue weighted by Gasteiger charge is -2.05. The molecule has 0 atom stereocenters. The SMILES string of the molecule is Cn1ncc(CNc2nc[nH]c(=O)c2Br)c1N. The maximum absolute atomic E-state index is 11.3. The van der Waals surface area contributed by atoms with Crippen LogP contribution in [0, 0.1) is 0 Å². The first kappa shape index (κ1) is 11.6. The molecule has 0 spiro atoms. The molecule has 2 aromatic heterocycles. The zero-order valence-corrected chi connectivity index (χ0v) is 10.7. The molecule has 0 radical (unpaired) electrons. The lowest BCUT2D eigenvalue weighted by molar-refractivity contribution is 0.778. The van der Waals surface area contributed by atoms with Crippen LogP contribution >= 0.6 is 15.9 Å². The fourth-order valence-corrected chi connectivity index (χ4v) is 1.67. The minimum atomic E-state index is -0.235. The minimum absolute atomic E-state index is 0.235. The van der Waals surface area contributed by atoms with E-state index in [0.717, 1.165) is 5.56 Å². The van der Waals surface area contributed by atoms with Gasteiger partial charge >= 0.3 is 0 Å². The van der Waals surface area contributed by atoms with Crippen LogP contribution in [0.4, 0.5) is 11.6 Å². The highest BCUT2D eigenvalue weighted by Gasteiger charge is 2.07. The Morgan fingerprint density at radius 3 is 3.06 bits per heavy atom. The lowest BCUT2D eigenvalue weighted by atomic mass is 10.3. The van der Waals surface area contributed by atoms with Gasteiger partial charge in [-0.1, -0.05) is 0 Å². The van der Waals surface area contributed by atoms with Crippen molar-refractivity contribution in [1.29, 1.82) is 0 Å². The van der Waals surface area contributed by atoms with Gasteiger partial charge in [-0.25, -0.2) is 4.98 Å². The van der Waals surface area contributed by atoms with E-state index in [0.29, 0.717) is 22.7 Å². The van der Waals surface area contributed by atoms with Crippen LogP contribution < -0.4 is 16.6 Å². The van der Waals surface area contributed by atoms with Crippen molar-refractivity contribution < 1.29 is 0 Å². The highest BCUT2D eigenvalue weighted by Crippen LogP contribution is 2.16. The van der Waals surface area contributed by atoms with Gasteiger partial charge in [0.05, 0.1) is 12.5 Å². The number of aromatic amines is 1. The molecule has 4 N–H and O–H groups in total. The Kier molecular flexibility index (Phi) is 3.14. The Morgan fingerprint density at radius 2 is 2.41 bits per heavy atom. The molecule has 0 unspecified atom stereocenters. The molecule has 0 saturated carbocycles. The van der Waals surface area contributed by atoms with E-state index in [1.165, 1.54) is 6.33 Å². The molecule has 2 aromatic rings. The Bertz CT molecular complexity index is 589. The number of hydrogen-bond acceptors (Lipinski definition) is 5. The average molecular weight is 299 g/mol. The molecule has 0 aromatic carbocycles. The van der Waals surface area contributed by atoms with E-state index < -0.39 is 0 Å². The monoisotopic (exact) mass is 298 g/mol. The summed E-state index contributed by atoms with van der Waals surface area (Å²) in [6.45, 7) is 0.453. The number of rotatable bonds is 3. The summed E-state index contributed by atoms with van der Waals surface area (Å²) in [5.41, 5.74) is 6.41. The number of H-pyrrole nitrogens is 1. The van der Waals surface area contributed by atoms with Crippen LogP contribution in [0.15, 0.2) is 21.8 Å². The molecule has 0 amide bonds. The standard InChI is InChI=1S/C9H11BrN6O/c1-16-7(11)5(3-15-16)2-12-8-6(10)9(17)14-4-13-8/h3-4H,2,11H2,1H3,(H2,12,13,14,17). The molecule has 8 heteroatoms. The van der Waals surface area contributed by atoms with Crippen molar-refractivity contribution in [1.82, 2.24) is 19.7 Å². The number of halogens is 1. The van der Waals surface area contributed by atoms with Gasteiger partial charge in [0.15, 0.2) is 0 Å². The van der Waals surface area contributed by atoms with E-state index in [1.54, 1.807) is 17.9 Å². The van der Waals surface area contributed by atoms with Gasteiger partial charge in [-0.2, -0.15) is 5.10 Å². The predicted molar refractivity (Wildman–Crippen MR) is 67.5 cm³/mol. The Labute approximate surface area is 105 Å². The zero-order valence-electron chi connectivity index (χ0n) is 9.07. The van der Waals surface area contributed by atoms with E-state index in [4.69, 9.17) is 5.73 Å².